The van der Waals surface area contributed by atoms with Gasteiger partial charge in [-0.05, 0) is 6.42 Å². The molecule has 0 spiro atoms. The Bertz CT molecular complexity index is 379. The van der Waals surface area contributed by atoms with Crippen LogP contribution in [0.4, 0.5) is 0 Å². The molecule has 2 heterocycles. The first kappa shape index (κ1) is 11.8. The Hall–Kier alpha value is -0.660. The number of rotatable bonds is 2. The topological polar surface area (TPSA) is 83.9 Å². The van der Waals surface area contributed by atoms with Crippen molar-refractivity contribution in [3.63, 3.8) is 0 Å². The molecule has 2 aliphatic rings. The van der Waals surface area contributed by atoms with E-state index in [1.165, 1.54) is 4.90 Å². The Morgan fingerprint density at radius 2 is 2.25 bits per heavy atom. The fraction of sp³-hybridized carbons (Fsp3) is 0.889. The molecule has 6 nitrogen and oxygen atoms in total. The largest absolute Gasteiger partial charge is 0.393 e. The summed E-state index contributed by atoms with van der Waals surface area (Å²) in [5, 5.41) is 8.93. The second kappa shape index (κ2) is 4.31. The molecule has 2 rings (SSSR count). The molecule has 0 aliphatic carbocycles. The third-order valence-electron chi connectivity index (χ3n) is 3.02. The molecule has 0 aromatic carbocycles. The average Bonchev–Trinajstić information content (AvgIpc) is 2.59. The van der Waals surface area contributed by atoms with Gasteiger partial charge in [0.25, 0.3) is 5.91 Å². The molecule has 2 aliphatic heterocycles. The van der Waals surface area contributed by atoms with Gasteiger partial charge in [0.2, 0.25) is 0 Å². The number of morpholine rings is 1. The highest BCUT2D eigenvalue weighted by molar-refractivity contribution is 7.91. The Morgan fingerprint density at radius 3 is 2.81 bits per heavy atom. The number of carbonyl (C=O) groups is 1. The fourth-order valence-electron chi connectivity index (χ4n) is 2.17. The first-order valence-electron chi connectivity index (χ1n) is 5.27. The van der Waals surface area contributed by atoms with Crippen LogP contribution in [-0.4, -0.2) is 67.7 Å². The summed E-state index contributed by atoms with van der Waals surface area (Å²) in [6.45, 7) is 0.415. The second-order valence-corrected chi connectivity index (χ2v) is 6.36. The van der Waals surface area contributed by atoms with E-state index >= 15 is 0 Å². The molecule has 2 saturated heterocycles. The number of aliphatic hydroxyl groups excluding tert-OH is 1. The van der Waals surface area contributed by atoms with E-state index in [1.807, 2.05) is 0 Å². The van der Waals surface area contributed by atoms with Crippen LogP contribution in [0.5, 0.6) is 0 Å². The van der Waals surface area contributed by atoms with Crippen LogP contribution in [0.2, 0.25) is 0 Å². The van der Waals surface area contributed by atoms with Gasteiger partial charge in [-0.15, -0.1) is 0 Å². The minimum Gasteiger partial charge on any atom is -0.393 e. The molecule has 0 bridgehead atoms. The summed E-state index contributed by atoms with van der Waals surface area (Å²) in [4.78, 5) is 13.3. The average molecular weight is 249 g/mol. The minimum atomic E-state index is -2.99. The van der Waals surface area contributed by atoms with Crippen molar-refractivity contribution in [2.45, 2.75) is 18.6 Å². The van der Waals surface area contributed by atoms with Crippen LogP contribution in [0.25, 0.3) is 0 Å². The van der Waals surface area contributed by atoms with Crippen molar-refractivity contribution < 1.29 is 23.1 Å². The minimum absolute atomic E-state index is 0.0386. The van der Waals surface area contributed by atoms with Gasteiger partial charge >= 0.3 is 0 Å². The maximum absolute atomic E-state index is 11.8. The molecule has 0 aromatic heterocycles. The van der Waals surface area contributed by atoms with Crippen molar-refractivity contribution >= 4 is 15.7 Å². The van der Waals surface area contributed by atoms with Gasteiger partial charge in [0, 0.05) is 12.6 Å². The first-order chi connectivity index (χ1) is 7.53. The van der Waals surface area contributed by atoms with Gasteiger partial charge in [-0.25, -0.2) is 8.42 Å². The van der Waals surface area contributed by atoms with Crippen molar-refractivity contribution in [2.75, 3.05) is 31.3 Å². The predicted octanol–water partition coefficient (Wildman–Crippen LogP) is -1.61. The number of carbonyl (C=O) groups excluding carboxylic acids is 1. The molecule has 7 heteroatoms. The van der Waals surface area contributed by atoms with Gasteiger partial charge in [-0.1, -0.05) is 0 Å². The van der Waals surface area contributed by atoms with E-state index in [9.17, 15) is 13.2 Å². The summed E-state index contributed by atoms with van der Waals surface area (Å²) in [5.41, 5.74) is 0. The van der Waals surface area contributed by atoms with Crippen LogP contribution in [0.1, 0.15) is 6.42 Å². The van der Waals surface area contributed by atoms with Crippen molar-refractivity contribution in [1.82, 2.24) is 4.90 Å². The van der Waals surface area contributed by atoms with E-state index in [1.54, 1.807) is 0 Å². The van der Waals surface area contributed by atoms with Gasteiger partial charge in [0.1, 0.15) is 0 Å². The lowest BCUT2D eigenvalue weighted by atomic mass is 10.1. The highest BCUT2D eigenvalue weighted by Crippen LogP contribution is 2.20. The second-order valence-electron chi connectivity index (χ2n) is 4.13. The number of hydrogen-bond acceptors (Lipinski definition) is 5. The lowest BCUT2D eigenvalue weighted by Crippen LogP contribution is -2.53. The molecule has 2 fully saturated rings. The zero-order valence-electron chi connectivity index (χ0n) is 8.83. The van der Waals surface area contributed by atoms with Crippen LogP contribution in [-0.2, 0) is 19.4 Å². The van der Waals surface area contributed by atoms with E-state index < -0.39 is 15.9 Å². The molecule has 2 atom stereocenters. The Balaban J connectivity index is 2.07. The van der Waals surface area contributed by atoms with Crippen molar-refractivity contribution in [1.29, 1.82) is 0 Å². The summed E-state index contributed by atoms with van der Waals surface area (Å²) in [7, 11) is -2.99. The fourth-order valence-corrected chi connectivity index (χ4v) is 3.90. The lowest BCUT2D eigenvalue weighted by Gasteiger charge is -2.35. The van der Waals surface area contributed by atoms with Gasteiger partial charge in [-0.3, -0.25) is 4.79 Å². The third-order valence-corrected chi connectivity index (χ3v) is 4.78. The van der Waals surface area contributed by atoms with Crippen molar-refractivity contribution in [3.05, 3.63) is 0 Å². The third kappa shape index (κ3) is 2.21. The maximum Gasteiger partial charge on any atom is 0.254 e. The van der Waals surface area contributed by atoms with Crippen LogP contribution < -0.4 is 0 Å². The molecule has 0 radical (unpaired) electrons. The Kier molecular flexibility index (Phi) is 3.18. The molecule has 2 unspecified atom stereocenters. The molecule has 1 amide bonds. The molecular formula is C9H15NO5S. The zero-order valence-corrected chi connectivity index (χ0v) is 9.65. The van der Waals surface area contributed by atoms with Gasteiger partial charge in [0.05, 0.1) is 24.7 Å². The highest BCUT2D eigenvalue weighted by Gasteiger charge is 2.38. The normalized spacial score (nSPS) is 34.3. The molecule has 0 aromatic rings. The summed E-state index contributed by atoms with van der Waals surface area (Å²) in [5.74, 6) is -0.112. The molecule has 0 saturated carbocycles. The number of aliphatic hydroxyl groups is 1. The van der Waals surface area contributed by atoms with E-state index in [0.717, 1.165) is 0 Å². The quantitative estimate of drug-likeness (QED) is 0.637. The van der Waals surface area contributed by atoms with E-state index in [-0.39, 0.29) is 30.1 Å². The number of nitrogens with zero attached hydrogens (tertiary/aromatic N) is 1. The molecule has 92 valence electrons. The number of hydrogen-bond donors (Lipinski definition) is 1. The SMILES string of the molecule is O=C1C(CO)OCCN1C1CCS(=O)(=O)C1. The summed E-state index contributed by atoms with van der Waals surface area (Å²) in [6.07, 6.45) is -0.330. The standard InChI is InChI=1S/C9H15NO5S/c11-5-8-9(12)10(2-3-15-8)7-1-4-16(13,14)6-7/h7-8,11H,1-6H2. The Labute approximate surface area is 94.1 Å². The van der Waals surface area contributed by atoms with Gasteiger partial charge < -0.3 is 14.7 Å². The molecule has 16 heavy (non-hydrogen) atoms. The first-order valence-corrected chi connectivity index (χ1v) is 7.09. The van der Waals surface area contributed by atoms with Gasteiger partial charge in [0.15, 0.2) is 15.9 Å². The van der Waals surface area contributed by atoms with Crippen molar-refractivity contribution in [2.24, 2.45) is 0 Å². The number of amides is 1. The lowest BCUT2D eigenvalue weighted by molar-refractivity contribution is -0.158. The predicted molar refractivity (Wildman–Crippen MR) is 55.6 cm³/mol. The van der Waals surface area contributed by atoms with Crippen LogP contribution in [0.3, 0.4) is 0 Å². The monoisotopic (exact) mass is 249 g/mol. The summed E-state index contributed by atoms with van der Waals surface area (Å²) < 4.78 is 27.7. The van der Waals surface area contributed by atoms with E-state index in [4.69, 9.17) is 9.84 Å². The molecular weight excluding hydrogens is 234 g/mol. The zero-order chi connectivity index (χ0) is 11.8. The smallest absolute Gasteiger partial charge is 0.254 e. The maximum atomic E-state index is 11.8. The van der Waals surface area contributed by atoms with Crippen LogP contribution in [0, 0.1) is 0 Å². The van der Waals surface area contributed by atoms with Crippen LogP contribution in [0.15, 0.2) is 0 Å². The van der Waals surface area contributed by atoms with Gasteiger partial charge in [-0.2, -0.15) is 0 Å². The summed E-state index contributed by atoms with van der Waals surface area (Å²) >= 11 is 0. The van der Waals surface area contributed by atoms with Crippen molar-refractivity contribution in [3.8, 4) is 0 Å². The molecule has 1 N–H and O–H groups in total. The highest BCUT2D eigenvalue weighted by atomic mass is 32.2. The van der Waals surface area contributed by atoms with Crippen LogP contribution >= 0.6 is 0 Å². The number of sulfone groups is 1. The summed E-state index contributed by atoms with van der Waals surface area (Å²) in [6, 6.07) is -0.240. The Morgan fingerprint density at radius 1 is 1.50 bits per heavy atom. The van der Waals surface area contributed by atoms with E-state index in [2.05, 4.69) is 0 Å². The number of ether oxygens (including phenoxy) is 1. The van der Waals surface area contributed by atoms with E-state index in [0.29, 0.717) is 19.6 Å².